The molecule has 2 fully saturated rings. The third kappa shape index (κ3) is 5.38. The quantitative estimate of drug-likeness (QED) is 0.655. The molecule has 2 unspecified atom stereocenters. The second-order valence-electron chi connectivity index (χ2n) is 7.78. The Labute approximate surface area is 174 Å². The zero-order valence-corrected chi connectivity index (χ0v) is 18.2. The molecule has 2 aliphatic rings. The monoisotopic (exact) mass is 416 g/mol. The highest BCUT2D eigenvalue weighted by molar-refractivity contribution is 7.97. The molecular formula is C22H28N2O2S2. The van der Waals surface area contributed by atoms with Crippen LogP contribution in [-0.4, -0.2) is 40.6 Å². The minimum absolute atomic E-state index is 0.454. The average molecular weight is 417 g/mol. The fraction of sp³-hybridized carbons (Fsp3) is 0.455. The second kappa shape index (κ2) is 8.99. The molecule has 0 spiro atoms. The molecule has 0 aromatic heterocycles. The smallest absolute Gasteiger partial charge is 0.119 e. The minimum Gasteiger partial charge on any atom is -0.490 e. The lowest BCUT2D eigenvalue weighted by atomic mass is 10.2. The zero-order valence-electron chi connectivity index (χ0n) is 16.5. The molecule has 0 amide bonds. The fourth-order valence-electron chi connectivity index (χ4n) is 3.40. The SMILES string of the molecule is Cc1ccc(S(C)=O)cc1SNC1CCN(Cc2ccc(OC3CC3)cc2)C1. The van der Waals surface area contributed by atoms with Crippen molar-refractivity contribution in [3.05, 3.63) is 53.6 Å². The lowest BCUT2D eigenvalue weighted by molar-refractivity contribution is 0.302. The summed E-state index contributed by atoms with van der Waals surface area (Å²) in [5.74, 6) is 0.995. The van der Waals surface area contributed by atoms with Gasteiger partial charge in [0.2, 0.25) is 0 Å². The van der Waals surface area contributed by atoms with E-state index in [4.69, 9.17) is 4.74 Å². The van der Waals surface area contributed by atoms with E-state index in [1.165, 1.54) is 24.0 Å². The number of likely N-dealkylation sites (tertiary alicyclic amines) is 1. The van der Waals surface area contributed by atoms with E-state index in [-0.39, 0.29) is 0 Å². The summed E-state index contributed by atoms with van der Waals surface area (Å²) in [7, 11) is -0.942. The number of nitrogens with zero attached hydrogens (tertiary/aromatic N) is 1. The van der Waals surface area contributed by atoms with Gasteiger partial charge in [0.1, 0.15) is 5.75 Å². The molecule has 4 nitrogen and oxygen atoms in total. The highest BCUT2D eigenvalue weighted by atomic mass is 32.2. The third-order valence-corrected chi connectivity index (χ3v) is 7.28. The minimum atomic E-state index is -0.942. The molecule has 1 saturated heterocycles. The molecular weight excluding hydrogens is 388 g/mol. The van der Waals surface area contributed by atoms with Crippen LogP contribution in [0.15, 0.2) is 52.3 Å². The molecule has 28 heavy (non-hydrogen) atoms. The van der Waals surface area contributed by atoms with Gasteiger partial charge < -0.3 is 4.74 Å². The van der Waals surface area contributed by atoms with E-state index < -0.39 is 10.8 Å². The van der Waals surface area contributed by atoms with Gasteiger partial charge in [-0.15, -0.1) is 0 Å². The van der Waals surface area contributed by atoms with Gasteiger partial charge in [-0.05, 0) is 73.5 Å². The molecule has 6 heteroatoms. The largest absolute Gasteiger partial charge is 0.490 e. The van der Waals surface area contributed by atoms with Crippen LogP contribution in [0.1, 0.15) is 30.4 Å². The molecule has 1 saturated carbocycles. The van der Waals surface area contributed by atoms with Gasteiger partial charge in [0.25, 0.3) is 0 Å². The van der Waals surface area contributed by atoms with E-state index in [0.717, 1.165) is 41.6 Å². The van der Waals surface area contributed by atoms with Crippen molar-refractivity contribution >= 4 is 22.7 Å². The van der Waals surface area contributed by atoms with E-state index in [1.54, 1.807) is 18.2 Å². The number of rotatable bonds is 8. The van der Waals surface area contributed by atoms with E-state index in [1.807, 2.05) is 12.1 Å². The van der Waals surface area contributed by atoms with Crippen molar-refractivity contribution < 1.29 is 8.95 Å². The van der Waals surface area contributed by atoms with Crippen molar-refractivity contribution in [2.45, 2.75) is 54.7 Å². The Bertz CT molecular complexity index is 837. The summed E-state index contributed by atoms with van der Waals surface area (Å²) in [6.45, 7) is 5.24. The number of benzene rings is 2. The maximum Gasteiger partial charge on any atom is 0.119 e. The summed E-state index contributed by atoms with van der Waals surface area (Å²) in [5.41, 5.74) is 2.56. The van der Waals surface area contributed by atoms with Crippen LogP contribution in [0.25, 0.3) is 0 Å². The van der Waals surface area contributed by atoms with Crippen LogP contribution in [0.4, 0.5) is 0 Å². The molecule has 1 aliphatic heterocycles. The summed E-state index contributed by atoms with van der Waals surface area (Å²) < 4.78 is 21.2. The molecule has 2 atom stereocenters. The third-order valence-electron chi connectivity index (χ3n) is 5.26. The Balaban J connectivity index is 1.26. The molecule has 1 N–H and O–H groups in total. The first-order valence-electron chi connectivity index (χ1n) is 9.91. The van der Waals surface area contributed by atoms with Crippen molar-refractivity contribution in [2.24, 2.45) is 0 Å². The number of hydrogen-bond donors (Lipinski definition) is 1. The highest BCUT2D eigenvalue weighted by Gasteiger charge is 2.24. The molecule has 0 radical (unpaired) electrons. The molecule has 0 bridgehead atoms. The Morgan fingerprint density at radius 3 is 2.68 bits per heavy atom. The summed E-state index contributed by atoms with van der Waals surface area (Å²) in [6, 6.07) is 15.1. The van der Waals surface area contributed by atoms with Crippen molar-refractivity contribution in [1.82, 2.24) is 9.62 Å². The second-order valence-corrected chi connectivity index (χ2v) is 10.0. The van der Waals surface area contributed by atoms with Gasteiger partial charge in [-0.3, -0.25) is 13.8 Å². The molecule has 2 aromatic carbocycles. The van der Waals surface area contributed by atoms with Crippen LogP contribution >= 0.6 is 11.9 Å². The summed E-state index contributed by atoms with van der Waals surface area (Å²) in [4.78, 5) is 4.55. The van der Waals surface area contributed by atoms with E-state index in [9.17, 15) is 4.21 Å². The van der Waals surface area contributed by atoms with Gasteiger partial charge in [0.15, 0.2) is 0 Å². The average Bonchev–Trinajstić information content (AvgIpc) is 3.39. The first-order valence-corrected chi connectivity index (χ1v) is 12.3. The van der Waals surface area contributed by atoms with Crippen molar-refractivity contribution in [3.63, 3.8) is 0 Å². The summed E-state index contributed by atoms with van der Waals surface area (Å²) in [6.07, 6.45) is 5.72. The number of aryl methyl sites for hydroxylation is 1. The van der Waals surface area contributed by atoms with E-state index in [0.29, 0.717) is 12.1 Å². The van der Waals surface area contributed by atoms with Crippen LogP contribution in [0.5, 0.6) is 5.75 Å². The number of hydrogen-bond acceptors (Lipinski definition) is 5. The molecule has 4 rings (SSSR count). The first-order chi connectivity index (χ1) is 13.6. The first kappa shape index (κ1) is 20.0. The van der Waals surface area contributed by atoms with Crippen molar-refractivity contribution in [3.8, 4) is 5.75 Å². The Kier molecular flexibility index (Phi) is 6.41. The van der Waals surface area contributed by atoms with Gasteiger partial charge >= 0.3 is 0 Å². The fourth-order valence-corrected chi connectivity index (χ4v) is 4.92. The number of nitrogens with one attached hydrogen (secondary N) is 1. The summed E-state index contributed by atoms with van der Waals surface area (Å²) in [5, 5.41) is 0. The van der Waals surface area contributed by atoms with Crippen molar-refractivity contribution in [2.75, 3.05) is 19.3 Å². The van der Waals surface area contributed by atoms with Crippen LogP contribution in [0.2, 0.25) is 0 Å². The zero-order chi connectivity index (χ0) is 19.5. The van der Waals surface area contributed by atoms with E-state index >= 15 is 0 Å². The molecule has 2 aromatic rings. The lowest BCUT2D eigenvalue weighted by Crippen LogP contribution is -2.28. The van der Waals surface area contributed by atoms with Crippen LogP contribution < -0.4 is 9.46 Å². The predicted molar refractivity (Wildman–Crippen MR) is 116 cm³/mol. The van der Waals surface area contributed by atoms with E-state index in [2.05, 4.69) is 46.9 Å². The molecule has 1 heterocycles. The van der Waals surface area contributed by atoms with Gasteiger partial charge in [0, 0.05) is 52.5 Å². The van der Waals surface area contributed by atoms with Crippen LogP contribution in [0.3, 0.4) is 0 Å². The Morgan fingerprint density at radius 1 is 1.18 bits per heavy atom. The number of ether oxygens (including phenoxy) is 1. The van der Waals surface area contributed by atoms with Crippen LogP contribution in [-0.2, 0) is 17.3 Å². The van der Waals surface area contributed by atoms with Gasteiger partial charge in [-0.25, -0.2) is 0 Å². The van der Waals surface area contributed by atoms with Gasteiger partial charge in [-0.2, -0.15) is 0 Å². The van der Waals surface area contributed by atoms with Gasteiger partial charge in [0.05, 0.1) is 6.10 Å². The maximum absolute atomic E-state index is 11.7. The van der Waals surface area contributed by atoms with Gasteiger partial charge in [-0.1, -0.05) is 18.2 Å². The highest BCUT2D eigenvalue weighted by Crippen LogP contribution is 2.27. The molecule has 150 valence electrons. The molecule has 1 aliphatic carbocycles. The topological polar surface area (TPSA) is 41.6 Å². The van der Waals surface area contributed by atoms with Crippen molar-refractivity contribution in [1.29, 1.82) is 0 Å². The summed E-state index contributed by atoms with van der Waals surface area (Å²) >= 11 is 1.67. The Hall–Kier alpha value is -1.34. The standard InChI is InChI=1S/C22H28N2O2S2/c1-16-3-10-21(28(2)25)13-22(16)27-23-18-11-12-24(15-18)14-17-4-6-19(7-5-17)26-20-8-9-20/h3-7,10,13,18,20,23H,8-9,11-12,14-15H2,1-2H3. The Morgan fingerprint density at radius 2 is 1.96 bits per heavy atom. The lowest BCUT2D eigenvalue weighted by Gasteiger charge is -2.17. The predicted octanol–water partition coefficient (Wildman–Crippen LogP) is 4.14. The van der Waals surface area contributed by atoms with Crippen LogP contribution in [0, 0.1) is 6.92 Å². The maximum atomic E-state index is 11.7. The normalized spacial score (nSPS) is 21.0.